The summed E-state index contributed by atoms with van der Waals surface area (Å²) in [6.07, 6.45) is 10.9. The fraction of sp³-hybridized carbons (Fsp3) is 0.0526. The molecule has 2 aliphatic carbocycles. The molecule has 0 radical (unpaired) electrons. The van der Waals surface area contributed by atoms with Crippen molar-refractivity contribution in [2.75, 3.05) is 0 Å². The van der Waals surface area contributed by atoms with E-state index in [0.717, 1.165) is 33.9 Å². The van der Waals surface area contributed by atoms with Crippen molar-refractivity contribution in [3.63, 3.8) is 0 Å². The van der Waals surface area contributed by atoms with E-state index in [1.54, 1.807) is 0 Å². The molecular weight excluding hydrogens is 727 g/mol. The van der Waals surface area contributed by atoms with Crippen LogP contribution in [0.3, 0.4) is 0 Å². The third kappa shape index (κ3) is 5.29. The minimum absolute atomic E-state index is 0.216. The molecule has 2 heterocycles. The highest BCUT2D eigenvalue weighted by molar-refractivity contribution is 6.09. The molecule has 12 rings (SSSR count). The van der Waals surface area contributed by atoms with E-state index in [4.69, 9.17) is 9.97 Å². The Bertz CT molecular complexity index is 3330. The summed E-state index contributed by atoms with van der Waals surface area (Å²) in [6.45, 7) is 2.30. The van der Waals surface area contributed by atoms with Gasteiger partial charge in [0.25, 0.3) is 0 Å². The Hall–Kier alpha value is -7.62. The molecule has 3 heteroatoms. The van der Waals surface area contributed by atoms with Crippen LogP contribution in [0, 0.1) is 0 Å². The molecule has 10 aromatic rings. The number of allylic oxidation sites excluding steroid dienone is 4. The number of nitrogens with zero attached hydrogens (tertiary/aromatic N) is 3. The molecule has 0 fully saturated rings. The summed E-state index contributed by atoms with van der Waals surface area (Å²) in [5, 5.41) is 5.00. The lowest BCUT2D eigenvalue weighted by Crippen LogP contribution is -2.34. The Kier molecular flexibility index (Phi) is 7.73. The molecular formula is C57H39N3. The smallest absolute Gasteiger partial charge is 0.0930 e. The van der Waals surface area contributed by atoms with E-state index >= 15 is 0 Å². The summed E-state index contributed by atoms with van der Waals surface area (Å²) in [5.74, 6) is 0.216. The van der Waals surface area contributed by atoms with Crippen LogP contribution in [-0.2, 0) is 5.41 Å². The van der Waals surface area contributed by atoms with Crippen LogP contribution in [0.4, 0.5) is 0 Å². The van der Waals surface area contributed by atoms with Gasteiger partial charge in [-0.25, -0.2) is 4.98 Å². The van der Waals surface area contributed by atoms with Crippen molar-refractivity contribution >= 4 is 32.6 Å². The van der Waals surface area contributed by atoms with Gasteiger partial charge in [0.2, 0.25) is 0 Å². The van der Waals surface area contributed by atoms with E-state index in [0.29, 0.717) is 0 Å². The number of para-hydroxylation sites is 2. The first-order chi connectivity index (χ1) is 29.6. The highest BCUT2D eigenvalue weighted by Crippen LogP contribution is 2.52. The Balaban J connectivity index is 0.865. The predicted octanol–water partition coefficient (Wildman–Crippen LogP) is 14.5. The Labute approximate surface area is 349 Å². The lowest BCUT2D eigenvalue weighted by atomic mass is 9.63. The number of fused-ring (bicyclic) bond motifs is 10. The zero-order chi connectivity index (χ0) is 39.8. The van der Waals surface area contributed by atoms with Crippen LogP contribution < -0.4 is 0 Å². The molecule has 0 aliphatic heterocycles. The number of aromatic nitrogens is 3. The maximum Gasteiger partial charge on any atom is 0.0930 e. The SMILES string of the molecule is CC12C=CC=CC1c1ccccc1-c1ncc(-c3cccc(-c4cccc5c(-c6ccc(-c7ccc(-n8c9ccccc9c9ccccc98)cc7)cc6)cccc45)c3)nc12. The third-order valence-electron chi connectivity index (χ3n) is 13.0. The molecule has 60 heavy (non-hydrogen) atoms. The molecule has 2 aromatic heterocycles. The van der Waals surface area contributed by atoms with Crippen molar-refractivity contribution in [2.45, 2.75) is 18.3 Å². The first-order valence-electron chi connectivity index (χ1n) is 20.8. The van der Waals surface area contributed by atoms with Gasteiger partial charge in [0.15, 0.2) is 0 Å². The number of rotatable bonds is 5. The molecule has 0 saturated heterocycles. The quantitative estimate of drug-likeness (QED) is 0.175. The summed E-state index contributed by atoms with van der Waals surface area (Å²) >= 11 is 0. The van der Waals surface area contributed by atoms with Gasteiger partial charge in [-0.05, 0) is 87.0 Å². The molecule has 8 aromatic carbocycles. The minimum Gasteiger partial charge on any atom is -0.309 e. The summed E-state index contributed by atoms with van der Waals surface area (Å²) in [5.41, 5.74) is 16.9. The number of hydrogen-bond acceptors (Lipinski definition) is 2. The second kappa shape index (κ2) is 13.5. The van der Waals surface area contributed by atoms with E-state index in [1.807, 2.05) is 6.20 Å². The Morgan fingerprint density at radius 2 is 1.05 bits per heavy atom. The van der Waals surface area contributed by atoms with E-state index in [1.165, 1.54) is 71.5 Å². The molecule has 0 spiro atoms. The van der Waals surface area contributed by atoms with Crippen molar-refractivity contribution in [3.05, 3.63) is 224 Å². The molecule has 0 amide bonds. The van der Waals surface area contributed by atoms with E-state index < -0.39 is 0 Å². The van der Waals surface area contributed by atoms with Crippen molar-refractivity contribution in [1.29, 1.82) is 0 Å². The van der Waals surface area contributed by atoms with Crippen LogP contribution in [0.25, 0.3) is 94.2 Å². The van der Waals surface area contributed by atoms with Gasteiger partial charge < -0.3 is 4.57 Å². The monoisotopic (exact) mass is 765 g/mol. The van der Waals surface area contributed by atoms with Gasteiger partial charge >= 0.3 is 0 Å². The van der Waals surface area contributed by atoms with Crippen LogP contribution in [0.15, 0.2) is 212 Å². The number of benzene rings is 8. The van der Waals surface area contributed by atoms with Gasteiger partial charge in [0.1, 0.15) is 0 Å². The van der Waals surface area contributed by atoms with Crippen molar-refractivity contribution < 1.29 is 0 Å². The summed E-state index contributed by atoms with van der Waals surface area (Å²) in [7, 11) is 0. The molecule has 0 bridgehead atoms. The second-order valence-corrected chi connectivity index (χ2v) is 16.3. The molecule has 282 valence electrons. The third-order valence-corrected chi connectivity index (χ3v) is 13.0. The van der Waals surface area contributed by atoms with Crippen LogP contribution in [0.2, 0.25) is 0 Å². The van der Waals surface area contributed by atoms with E-state index in [2.05, 4.69) is 218 Å². The highest BCUT2D eigenvalue weighted by Gasteiger charge is 2.43. The maximum absolute atomic E-state index is 5.41. The summed E-state index contributed by atoms with van der Waals surface area (Å²) < 4.78 is 2.37. The van der Waals surface area contributed by atoms with Crippen LogP contribution in [-0.4, -0.2) is 14.5 Å². The van der Waals surface area contributed by atoms with Gasteiger partial charge in [-0.15, -0.1) is 0 Å². The van der Waals surface area contributed by atoms with Gasteiger partial charge in [-0.2, -0.15) is 0 Å². The fourth-order valence-electron chi connectivity index (χ4n) is 9.98. The van der Waals surface area contributed by atoms with Crippen molar-refractivity contribution in [3.8, 4) is 61.6 Å². The first kappa shape index (κ1) is 34.4. The zero-order valence-corrected chi connectivity index (χ0v) is 33.1. The normalized spacial score (nSPS) is 16.5. The molecule has 2 aliphatic rings. The summed E-state index contributed by atoms with van der Waals surface area (Å²) in [6, 6.07) is 66.0. The van der Waals surface area contributed by atoms with Crippen LogP contribution >= 0.6 is 0 Å². The first-order valence-corrected chi connectivity index (χ1v) is 20.8. The minimum atomic E-state index is -0.275. The van der Waals surface area contributed by atoms with Crippen LogP contribution in [0.1, 0.15) is 24.1 Å². The highest BCUT2D eigenvalue weighted by atomic mass is 15.0. The fourth-order valence-corrected chi connectivity index (χ4v) is 9.98. The molecule has 2 unspecified atom stereocenters. The van der Waals surface area contributed by atoms with Crippen LogP contribution in [0.5, 0.6) is 0 Å². The van der Waals surface area contributed by atoms with Gasteiger partial charge in [-0.1, -0.05) is 176 Å². The lowest BCUT2D eigenvalue weighted by Gasteiger charge is -2.40. The largest absolute Gasteiger partial charge is 0.309 e. The Morgan fingerprint density at radius 1 is 0.483 bits per heavy atom. The second-order valence-electron chi connectivity index (χ2n) is 16.3. The van der Waals surface area contributed by atoms with Crippen molar-refractivity contribution in [1.82, 2.24) is 14.5 Å². The number of hydrogen-bond donors (Lipinski definition) is 0. The van der Waals surface area contributed by atoms with Crippen molar-refractivity contribution in [2.24, 2.45) is 0 Å². The van der Waals surface area contributed by atoms with E-state index in [9.17, 15) is 0 Å². The predicted molar refractivity (Wildman–Crippen MR) is 249 cm³/mol. The van der Waals surface area contributed by atoms with Gasteiger partial charge in [-0.3, -0.25) is 4.98 Å². The topological polar surface area (TPSA) is 30.7 Å². The van der Waals surface area contributed by atoms with Gasteiger partial charge in [0, 0.05) is 38.9 Å². The molecule has 3 nitrogen and oxygen atoms in total. The zero-order valence-electron chi connectivity index (χ0n) is 33.1. The summed E-state index contributed by atoms with van der Waals surface area (Å²) in [4.78, 5) is 10.5. The molecule has 2 atom stereocenters. The van der Waals surface area contributed by atoms with Gasteiger partial charge in [0.05, 0.1) is 34.3 Å². The average molecular weight is 766 g/mol. The van der Waals surface area contributed by atoms with E-state index in [-0.39, 0.29) is 11.3 Å². The Morgan fingerprint density at radius 3 is 1.78 bits per heavy atom. The standard InChI is InChI=1S/C57H39N3/c1-57-34-9-8-23-51(57)47-15-2-3-18-50(47)55-56(57)59-52(36-58-55)41-14-10-13-40(35-41)44-20-12-21-45-43(19-11-22-46(44)45)39-28-26-37(27-29-39)38-30-32-42(33-31-38)60-53-24-6-4-16-48(53)49-17-5-7-25-54(49)60/h2-36,51H,1H3. The maximum atomic E-state index is 5.41. The molecule has 0 saturated carbocycles. The average Bonchev–Trinajstić information content (AvgIpc) is 3.66. The molecule has 0 N–H and O–H groups in total. The lowest BCUT2D eigenvalue weighted by molar-refractivity contribution is 0.501.